The highest BCUT2D eigenvalue weighted by atomic mass is 32.2. The summed E-state index contributed by atoms with van der Waals surface area (Å²) in [5, 5.41) is 9.28. The van der Waals surface area contributed by atoms with Gasteiger partial charge in [0.05, 0.1) is 4.90 Å². The molecule has 0 bridgehead atoms. The Morgan fingerprint density at radius 2 is 1.48 bits per heavy atom. The highest BCUT2D eigenvalue weighted by Crippen LogP contribution is 2.19. The Hall–Kier alpha value is -2.45. The molecule has 0 radical (unpaired) electrons. The number of piperazine rings is 1. The Bertz CT molecular complexity index is 859. The van der Waals surface area contributed by atoms with Gasteiger partial charge in [0.15, 0.2) is 0 Å². The topological polar surface area (TPSA) is 77.9 Å². The van der Waals surface area contributed by atoms with Gasteiger partial charge in [-0.2, -0.15) is 4.31 Å². The van der Waals surface area contributed by atoms with Crippen LogP contribution < -0.4 is 0 Å². The summed E-state index contributed by atoms with van der Waals surface area (Å²) < 4.78 is 39.4. The standard InChI is InChI=1S/C17H17FN2O4S/c18-14-3-7-16(8-4-14)25(23,24)20-11-9-19(10-12-20)17(22)13-1-5-15(21)6-2-13/h1-8,21H,9-12H2. The Morgan fingerprint density at radius 3 is 2.04 bits per heavy atom. The van der Waals surface area contributed by atoms with Crippen molar-refractivity contribution >= 4 is 15.9 Å². The van der Waals surface area contributed by atoms with E-state index in [-0.39, 0.29) is 42.7 Å². The molecule has 8 heteroatoms. The van der Waals surface area contributed by atoms with Crippen LogP contribution in [0.4, 0.5) is 4.39 Å². The van der Waals surface area contributed by atoms with Gasteiger partial charge in [0.2, 0.25) is 10.0 Å². The first-order valence-electron chi connectivity index (χ1n) is 7.72. The van der Waals surface area contributed by atoms with Gasteiger partial charge < -0.3 is 10.0 Å². The largest absolute Gasteiger partial charge is 0.508 e. The molecular weight excluding hydrogens is 347 g/mol. The summed E-state index contributed by atoms with van der Waals surface area (Å²) in [4.78, 5) is 14.0. The van der Waals surface area contributed by atoms with Crippen molar-refractivity contribution in [1.82, 2.24) is 9.21 Å². The van der Waals surface area contributed by atoms with Crippen LogP contribution in [0.1, 0.15) is 10.4 Å². The summed E-state index contributed by atoms with van der Waals surface area (Å²) in [5.74, 6) is -0.631. The van der Waals surface area contributed by atoms with Crippen LogP contribution >= 0.6 is 0 Å². The zero-order valence-corrected chi connectivity index (χ0v) is 14.1. The van der Waals surface area contributed by atoms with Crippen molar-refractivity contribution in [3.63, 3.8) is 0 Å². The number of rotatable bonds is 3. The predicted molar refractivity (Wildman–Crippen MR) is 89.2 cm³/mol. The maximum absolute atomic E-state index is 13.0. The Morgan fingerprint density at radius 1 is 0.920 bits per heavy atom. The fourth-order valence-electron chi connectivity index (χ4n) is 2.67. The zero-order valence-electron chi connectivity index (χ0n) is 13.3. The third-order valence-electron chi connectivity index (χ3n) is 4.09. The number of phenols is 1. The number of hydrogen-bond acceptors (Lipinski definition) is 4. The normalized spacial score (nSPS) is 16.0. The van der Waals surface area contributed by atoms with Crippen molar-refractivity contribution < 1.29 is 22.7 Å². The summed E-state index contributed by atoms with van der Waals surface area (Å²) >= 11 is 0. The fraction of sp³-hybridized carbons (Fsp3) is 0.235. The molecule has 1 fully saturated rings. The lowest BCUT2D eigenvalue weighted by Gasteiger charge is -2.34. The second-order valence-corrected chi connectivity index (χ2v) is 7.64. The summed E-state index contributed by atoms with van der Waals surface area (Å²) in [7, 11) is -3.70. The molecule has 1 aliphatic rings. The number of phenolic OH excluding ortho intramolecular Hbond substituents is 1. The van der Waals surface area contributed by atoms with Crippen LogP contribution in [0, 0.1) is 5.82 Å². The first-order chi connectivity index (χ1) is 11.9. The Balaban J connectivity index is 1.68. The Labute approximate surface area is 145 Å². The van der Waals surface area contributed by atoms with Gasteiger partial charge in [-0.3, -0.25) is 4.79 Å². The number of sulfonamides is 1. The maximum atomic E-state index is 13.0. The quantitative estimate of drug-likeness (QED) is 0.899. The van der Waals surface area contributed by atoms with E-state index in [2.05, 4.69) is 0 Å². The highest BCUT2D eigenvalue weighted by Gasteiger charge is 2.30. The molecular formula is C17H17FN2O4S. The van der Waals surface area contributed by atoms with Crippen LogP contribution in [-0.2, 0) is 10.0 Å². The highest BCUT2D eigenvalue weighted by molar-refractivity contribution is 7.89. The third-order valence-corrected chi connectivity index (χ3v) is 6.00. The lowest BCUT2D eigenvalue weighted by Crippen LogP contribution is -2.50. The van der Waals surface area contributed by atoms with E-state index >= 15 is 0 Å². The summed E-state index contributed by atoms with van der Waals surface area (Å²) in [5.41, 5.74) is 0.438. The third kappa shape index (κ3) is 3.64. The van der Waals surface area contributed by atoms with E-state index in [1.54, 1.807) is 4.90 Å². The van der Waals surface area contributed by atoms with Gasteiger partial charge in [0, 0.05) is 31.7 Å². The average Bonchev–Trinajstić information content (AvgIpc) is 2.62. The van der Waals surface area contributed by atoms with Crippen molar-refractivity contribution in [3.05, 3.63) is 59.9 Å². The summed E-state index contributed by atoms with van der Waals surface area (Å²) in [6, 6.07) is 10.6. The van der Waals surface area contributed by atoms with Gasteiger partial charge in [0.1, 0.15) is 11.6 Å². The number of hydrogen-bond donors (Lipinski definition) is 1. The van der Waals surface area contributed by atoms with E-state index < -0.39 is 15.8 Å². The summed E-state index contributed by atoms with van der Waals surface area (Å²) in [6.07, 6.45) is 0. The molecule has 6 nitrogen and oxygen atoms in total. The van der Waals surface area contributed by atoms with Crippen LogP contribution in [0.15, 0.2) is 53.4 Å². The van der Waals surface area contributed by atoms with E-state index in [0.29, 0.717) is 5.56 Å². The number of amides is 1. The lowest BCUT2D eigenvalue weighted by atomic mass is 10.2. The first kappa shape index (κ1) is 17.4. The number of benzene rings is 2. The molecule has 132 valence electrons. The van der Waals surface area contributed by atoms with Crippen LogP contribution in [0.25, 0.3) is 0 Å². The molecule has 0 aromatic heterocycles. The molecule has 0 atom stereocenters. The molecule has 1 aliphatic heterocycles. The van der Waals surface area contributed by atoms with E-state index in [4.69, 9.17) is 0 Å². The minimum absolute atomic E-state index is 0.0345. The van der Waals surface area contributed by atoms with Crippen LogP contribution in [0.3, 0.4) is 0 Å². The van der Waals surface area contributed by atoms with E-state index in [1.165, 1.54) is 40.7 Å². The van der Waals surface area contributed by atoms with Crippen molar-refractivity contribution in [3.8, 4) is 5.75 Å². The average molecular weight is 364 g/mol. The van der Waals surface area contributed by atoms with Crippen molar-refractivity contribution in [2.75, 3.05) is 26.2 Å². The molecule has 3 rings (SSSR count). The second kappa shape index (κ2) is 6.81. The maximum Gasteiger partial charge on any atom is 0.253 e. The van der Waals surface area contributed by atoms with Crippen LogP contribution in [0.2, 0.25) is 0 Å². The van der Waals surface area contributed by atoms with Gasteiger partial charge in [0.25, 0.3) is 5.91 Å². The minimum Gasteiger partial charge on any atom is -0.508 e. The number of halogens is 1. The molecule has 2 aromatic rings. The molecule has 1 amide bonds. The minimum atomic E-state index is -3.70. The van der Waals surface area contributed by atoms with Crippen molar-refractivity contribution in [2.24, 2.45) is 0 Å². The second-order valence-electron chi connectivity index (χ2n) is 5.70. The number of carbonyl (C=O) groups excluding carboxylic acids is 1. The van der Waals surface area contributed by atoms with E-state index in [0.717, 1.165) is 12.1 Å². The van der Waals surface area contributed by atoms with Crippen LogP contribution in [0.5, 0.6) is 5.75 Å². The monoisotopic (exact) mass is 364 g/mol. The van der Waals surface area contributed by atoms with Gasteiger partial charge >= 0.3 is 0 Å². The number of aromatic hydroxyl groups is 1. The molecule has 2 aromatic carbocycles. The van der Waals surface area contributed by atoms with E-state index in [9.17, 15) is 22.7 Å². The molecule has 1 heterocycles. The fourth-order valence-corrected chi connectivity index (χ4v) is 4.10. The van der Waals surface area contributed by atoms with Gasteiger partial charge in [-0.25, -0.2) is 12.8 Å². The number of carbonyl (C=O) groups is 1. The smallest absolute Gasteiger partial charge is 0.253 e. The molecule has 0 aliphatic carbocycles. The van der Waals surface area contributed by atoms with Crippen LogP contribution in [-0.4, -0.2) is 54.8 Å². The lowest BCUT2D eigenvalue weighted by molar-refractivity contribution is 0.0698. The zero-order chi connectivity index (χ0) is 18.0. The molecule has 1 N–H and O–H groups in total. The molecule has 0 unspecified atom stereocenters. The molecule has 0 saturated carbocycles. The SMILES string of the molecule is O=C(c1ccc(O)cc1)N1CCN(S(=O)(=O)c2ccc(F)cc2)CC1. The molecule has 25 heavy (non-hydrogen) atoms. The van der Waals surface area contributed by atoms with Gasteiger partial charge in [-0.1, -0.05) is 0 Å². The van der Waals surface area contributed by atoms with Gasteiger partial charge in [-0.15, -0.1) is 0 Å². The van der Waals surface area contributed by atoms with Crippen molar-refractivity contribution in [2.45, 2.75) is 4.90 Å². The predicted octanol–water partition coefficient (Wildman–Crippen LogP) is 1.68. The number of nitrogens with zero attached hydrogens (tertiary/aromatic N) is 2. The molecule has 1 saturated heterocycles. The molecule has 0 spiro atoms. The Kier molecular flexibility index (Phi) is 4.73. The van der Waals surface area contributed by atoms with Crippen molar-refractivity contribution in [1.29, 1.82) is 0 Å². The van der Waals surface area contributed by atoms with E-state index in [1.807, 2.05) is 0 Å². The summed E-state index contributed by atoms with van der Waals surface area (Å²) in [6.45, 7) is 0.868. The van der Waals surface area contributed by atoms with Gasteiger partial charge in [-0.05, 0) is 48.5 Å². The first-order valence-corrected chi connectivity index (χ1v) is 9.16.